The van der Waals surface area contributed by atoms with Crippen molar-refractivity contribution in [2.45, 2.75) is 32.8 Å². The molecule has 7 heteroatoms. The second-order valence-corrected chi connectivity index (χ2v) is 6.11. The summed E-state index contributed by atoms with van der Waals surface area (Å²) in [7, 11) is 3.03. The van der Waals surface area contributed by atoms with E-state index in [0.717, 1.165) is 0 Å². The van der Waals surface area contributed by atoms with Gasteiger partial charge in [0, 0.05) is 18.0 Å². The van der Waals surface area contributed by atoms with Crippen molar-refractivity contribution in [1.82, 2.24) is 0 Å². The summed E-state index contributed by atoms with van der Waals surface area (Å²) < 4.78 is 21.5. The number of benzene rings is 1. The first-order chi connectivity index (χ1) is 10.8. The highest BCUT2D eigenvalue weighted by atomic mass is 35.5. The van der Waals surface area contributed by atoms with Crippen molar-refractivity contribution >= 4 is 23.4 Å². The van der Waals surface area contributed by atoms with E-state index in [9.17, 15) is 4.79 Å². The molecule has 0 heterocycles. The molecule has 23 heavy (non-hydrogen) atoms. The average molecular weight is 346 g/mol. The van der Waals surface area contributed by atoms with Gasteiger partial charge in [-0.05, 0) is 27.2 Å². The number of ether oxygens (including phenoxy) is 4. The zero-order valence-electron chi connectivity index (χ0n) is 14.2. The SMILES string of the molecule is COc1cc(NC(=O)OC(C)(C)C)cc(OC)c1OCCCCl. The van der Waals surface area contributed by atoms with E-state index < -0.39 is 11.7 Å². The number of hydrogen-bond acceptors (Lipinski definition) is 5. The van der Waals surface area contributed by atoms with E-state index in [0.29, 0.717) is 41.8 Å². The number of carbonyl (C=O) groups excluding carboxylic acids is 1. The quantitative estimate of drug-likeness (QED) is 0.596. The summed E-state index contributed by atoms with van der Waals surface area (Å²) in [4.78, 5) is 11.9. The van der Waals surface area contributed by atoms with Crippen LogP contribution < -0.4 is 19.5 Å². The van der Waals surface area contributed by atoms with Gasteiger partial charge in [0.05, 0.1) is 26.5 Å². The molecule has 0 saturated heterocycles. The number of carbonyl (C=O) groups is 1. The number of nitrogens with one attached hydrogen (secondary N) is 1. The highest BCUT2D eigenvalue weighted by Crippen LogP contribution is 2.40. The van der Waals surface area contributed by atoms with Crippen LogP contribution in [0.25, 0.3) is 0 Å². The second-order valence-electron chi connectivity index (χ2n) is 5.73. The monoisotopic (exact) mass is 345 g/mol. The van der Waals surface area contributed by atoms with Crippen molar-refractivity contribution in [2.24, 2.45) is 0 Å². The molecule has 0 fully saturated rings. The molecule has 6 nitrogen and oxygen atoms in total. The zero-order valence-corrected chi connectivity index (χ0v) is 15.0. The Bertz CT molecular complexity index is 503. The lowest BCUT2D eigenvalue weighted by atomic mass is 10.2. The molecule has 0 aliphatic carbocycles. The van der Waals surface area contributed by atoms with Crippen molar-refractivity contribution in [3.63, 3.8) is 0 Å². The number of alkyl halides is 1. The number of anilines is 1. The topological polar surface area (TPSA) is 66.0 Å². The third-order valence-electron chi connectivity index (χ3n) is 2.63. The first kappa shape index (κ1) is 19.2. The molecule has 0 aromatic heterocycles. The van der Waals surface area contributed by atoms with E-state index in [1.54, 1.807) is 32.9 Å². The lowest BCUT2D eigenvalue weighted by Gasteiger charge is -2.20. The van der Waals surface area contributed by atoms with Crippen molar-refractivity contribution in [3.05, 3.63) is 12.1 Å². The molecule has 0 unspecified atom stereocenters. The maximum absolute atomic E-state index is 11.9. The minimum Gasteiger partial charge on any atom is -0.493 e. The van der Waals surface area contributed by atoms with Gasteiger partial charge < -0.3 is 18.9 Å². The fourth-order valence-electron chi connectivity index (χ4n) is 1.74. The Morgan fingerprint density at radius 2 is 1.74 bits per heavy atom. The smallest absolute Gasteiger partial charge is 0.412 e. The van der Waals surface area contributed by atoms with Crippen LogP contribution in [0, 0.1) is 0 Å². The minimum atomic E-state index is -0.580. The van der Waals surface area contributed by atoms with E-state index in [1.165, 1.54) is 14.2 Å². The normalized spacial score (nSPS) is 10.9. The molecule has 1 N–H and O–H groups in total. The predicted octanol–water partition coefficient (Wildman–Crippen LogP) is 4.06. The maximum Gasteiger partial charge on any atom is 0.412 e. The predicted molar refractivity (Wildman–Crippen MR) is 90.2 cm³/mol. The molecule has 0 radical (unpaired) electrons. The number of halogens is 1. The van der Waals surface area contributed by atoms with Gasteiger partial charge >= 0.3 is 6.09 Å². The van der Waals surface area contributed by atoms with Crippen LogP contribution in [-0.4, -0.2) is 38.4 Å². The van der Waals surface area contributed by atoms with Crippen LogP contribution in [0.15, 0.2) is 12.1 Å². The van der Waals surface area contributed by atoms with E-state index in [-0.39, 0.29) is 0 Å². The molecule has 0 aliphatic rings. The van der Waals surface area contributed by atoms with Crippen molar-refractivity contribution < 1.29 is 23.7 Å². The van der Waals surface area contributed by atoms with Gasteiger partial charge in [0.25, 0.3) is 0 Å². The highest BCUT2D eigenvalue weighted by Gasteiger charge is 2.19. The van der Waals surface area contributed by atoms with E-state index >= 15 is 0 Å². The van der Waals surface area contributed by atoms with Crippen LogP contribution >= 0.6 is 11.6 Å². The highest BCUT2D eigenvalue weighted by molar-refractivity contribution is 6.17. The third-order valence-corrected chi connectivity index (χ3v) is 2.90. The average Bonchev–Trinajstić information content (AvgIpc) is 2.45. The van der Waals surface area contributed by atoms with Crippen LogP contribution in [0.1, 0.15) is 27.2 Å². The van der Waals surface area contributed by atoms with Gasteiger partial charge in [-0.1, -0.05) is 0 Å². The Morgan fingerprint density at radius 3 is 2.17 bits per heavy atom. The van der Waals surface area contributed by atoms with E-state index in [4.69, 9.17) is 30.5 Å². The molecule has 0 aliphatic heterocycles. The summed E-state index contributed by atoms with van der Waals surface area (Å²) >= 11 is 5.65. The fraction of sp³-hybridized carbons (Fsp3) is 0.562. The van der Waals surface area contributed by atoms with Crippen LogP contribution in [0.4, 0.5) is 10.5 Å². The summed E-state index contributed by atoms with van der Waals surface area (Å²) in [6.45, 7) is 5.82. The van der Waals surface area contributed by atoms with Crippen LogP contribution in [0.3, 0.4) is 0 Å². The first-order valence-corrected chi connectivity index (χ1v) is 7.79. The molecule has 130 valence electrons. The van der Waals surface area contributed by atoms with Gasteiger partial charge in [0.1, 0.15) is 5.60 Å². The van der Waals surface area contributed by atoms with Crippen molar-refractivity contribution in [3.8, 4) is 17.2 Å². The van der Waals surface area contributed by atoms with Crippen LogP contribution in [-0.2, 0) is 4.74 Å². The van der Waals surface area contributed by atoms with Crippen LogP contribution in [0.5, 0.6) is 17.2 Å². The Hall–Kier alpha value is -1.82. The lowest BCUT2D eigenvalue weighted by molar-refractivity contribution is 0.0636. The fourth-order valence-corrected chi connectivity index (χ4v) is 1.85. The van der Waals surface area contributed by atoms with Gasteiger partial charge in [-0.15, -0.1) is 11.6 Å². The van der Waals surface area contributed by atoms with Gasteiger partial charge in [-0.2, -0.15) is 0 Å². The Kier molecular flexibility index (Phi) is 7.29. The van der Waals surface area contributed by atoms with Gasteiger partial charge in [0.15, 0.2) is 11.5 Å². The summed E-state index contributed by atoms with van der Waals surface area (Å²) in [5.74, 6) is 1.87. The molecule has 1 aromatic rings. The molecule has 0 bridgehead atoms. The summed E-state index contributed by atoms with van der Waals surface area (Å²) in [6.07, 6.45) is 0.142. The first-order valence-electron chi connectivity index (χ1n) is 7.25. The lowest BCUT2D eigenvalue weighted by Crippen LogP contribution is -2.27. The zero-order chi connectivity index (χ0) is 17.5. The Balaban J connectivity index is 2.96. The molecular weight excluding hydrogens is 322 g/mol. The van der Waals surface area contributed by atoms with Crippen molar-refractivity contribution in [1.29, 1.82) is 0 Å². The van der Waals surface area contributed by atoms with E-state index in [1.807, 2.05) is 0 Å². The van der Waals surface area contributed by atoms with Crippen molar-refractivity contribution in [2.75, 3.05) is 32.0 Å². The number of amides is 1. The standard InChI is InChI=1S/C16H24ClNO5/c1-16(2,3)23-15(19)18-11-9-12(20-4)14(13(10-11)21-5)22-8-6-7-17/h9-10H,6-8H2,1-5H3,(H,18,19). The number of hydrogen-bond donors (Lipinski definition) is 1. The molecule has 0 spiro atoms. The number of methoxy groups -OCH3 is 2. The summed E-state index contributed by atoms with van der Waals surface area (Å²) in [5, 5.41) is 2.64. The molecule has 0 saturated carbocycles. The van der Waals surface area contributed by atoms with Gasteiger partial charge in [-0.3, -0.25) is 5.32 Å². The van der Waals surface area contributed by atoms with E-state index in [2.05, 4.69) is 5.32 Å². The van der Waals surface area contributed by atoms with Crippen LogP contribution in [0.2, 0.25) is 0 Å². The van der Waals surface area contributed by atoms with Gasteiger partial charge in [-0.25, -0.2) is 4.79 Å². The molecule has 0 atom stereocenters. The molecule has 1 rings (SSSR count). The second kappa shape index (κ2) is 8.72. The Labute approximate surface area is 142 Å². The Morgan fingerprint density at radius 1 is 1.17 bits per heavy atom. The minimum absolute atomic E-state index is 0.440. The molecular formula is C16H24ClNO5. The number of rotatable bonds is 7. The maximum atomic E-state index is 11.9. The third kappa shape index (κ3) is 6.44. The summed E-state index contributed by atoms with van der Waals surface area (Å²) in [5.41, 5.74) is -0.0966. The summed E-state index contributed by atoms with van der Waals surface area (Å²) in [6, 6.07) is 3.28. The molecule has 1 aromatic carbocycles. The van der Waals surface area contributed by atoms with Gasteiger partial charge in [0.2, 0.25) is 5.75 Å². The largest absolute Gasteiger partial charge is 0.493 e. The molecule has 1 amide bonds.